The summed E-state index contributed by atoms with van der Waals surface area (Å²) in [5, 5.41) is 12.4. The molecule has 2 atom stereocenters. The smallest absolute Gasteiger partial charge is 0.238 e. The first-order valence-electron chi connectivity index (χ1n) is 7.48. The molecule has 4 nitrogen and oxygen atoms in total. The third kappa shape index (κ3) is 4.66. The van der Waals surface area contributed by atoms with Crippen molar-refractivity contribution in [1.82, 2.24) is 10.2 Å². The molecule has 1 N–H and O–H groups in total. The highest BCUT2D eigenvalue weighted by Gasteiger charge is 2.32. The van der Waals surface area contributed by atoms with E-state index in [-0.39, 0.29) is 18.4 Å². The highest BCUT2D eigenvalue weighted by molar-refractivity contribution is 6.31. The minimum absolute atomic E-state index is 0.0324. The number of likely N-dealkylation sites (N-methyl/N-ethyl adjacent to an activating group) is 1. The second-order valence-electron chi connectivity index (χ2n) is 6.25. The van der Waals surface area contributed by atoms with Gasteiger partial charge in [0.05, 0.1) is 12.1 Å². The maximum atomic E-state index is 13.9. The molecule has 1 aromatic carbocycles. The van der Waals surface area contributed by atoms with Gasteiger partial charge in [-0.1, -0.05) is 31.5 Å². The van der Waals surface area contributed by atoms with E-state index in [1.54, 1.807) is 31.9 Å². The van der Waals surface area contributed by atoms with E-state index in [9.17, 15) is 14.4 Å². The molecule has 0 aliphatic carbocycles. The Morgan fingerprint density at radius 1 is 1.48 bits per heavy atom. The topological polar surface area (TPSA) is 56.1 Å². The number of nitriles is 1. The van der Waals surface area contributed by atoms with Gasteiger partial charge in [0.1, 0.15) is 11.4 Å². The molecule has 0 fully saturated rings. The maximum Gasteiger partial charge on any atom is 0.238 e. The van der Waals surface area contributed by atoms with E-state index in [4.69, 9.17) is 11.6 Å². The van der Waals surface area contributed by atoms with E-state index in [0.29, 0.717) is 10.6 Å². The standard InChI is InChI=1S/C17H23ClFN3O/c1-11(2)17(4,10-20)21-16(23)12(3)22(5)9-13-14(18)7-6-8-15(13)19/h6-8,11-12H,9H2,1-5H3,(H,21,23)/t12-,17-/m0/s1. The van der Waals surface area contributed by atoms with Crippen LogP contribution in [0.15, 0.2) is 18.2 Å². The first kappa shape index (κ1) is 19.4. The van der Waals surface area contributed by atoms with Gasteiger partial charge in [-0.3, -0.25) is 9.69 Å². The van der Waals surface area contributed by atoms with Crippen molar-refractivity contribution in [2.45, 2.75) is 45.8 Å². The predicted octanol–water partition coefficient (Wildman–Crippen LogP) is 3.35. The molecule has 0 bridgehead atoms. The summed E-state index contributed by atoms with van der Waals surface area (Å²) in [6, 6.07) is 6.10. The van der Waals surface area contributed by atoms with Crippen molar-refractivity contribution in [2.75, 3.05) is 7.05 Å². The third-order valence-corrected chi connectivity index (χ3v) is 4.63. The van der Waals surface area contributed by atoms with Crippen LogP contribution in [-0.4, -0.2) is 29.4 Å². The number of halogens is 2. The van der Waals surface area contributed by atoms with Gasteiger partial charge in [-0.15, -0.1) is 0 Å². The van der Waals surface area contributed by atoms with Gasteiger partial charge in [0.25, 0.3) is 0 Å². The van der Waals surface area contributed by atoms with Crippen molar-refractivity contribution >= 4 is 17.5 Å². The summed E-state index contributed by atoms with van der Waals surface area (Å²) < 4.78 is 13.9. The van der Waals surface area contributed by atoms with Crippen LogP contribution in [0.3, 0.4) is 0 Å². The Bertz CT molecular complexity index is 594. The number of nitrogens with zero attached hydrogens (tertiary/aromatic N) is 2. The fraction of sp³-hybridized carbons (Fsp3) is 0.529. The number of amides is 1. The summed E-state index contributed by atoms with van der Waals surface area (Å²) in [6.45, 7) is 7.34. The lowest BCUT2D eigenvalue weighted by molar-refractivity contribution is -0.127. The summed E-state index contributed by atoms with van der Waals surface area (Å²) in [5.74, 6) is -0.714. The lowest BCUT2D eigenvalue weighted by Gasteiger charge is -2.31. The van der Waals surface area contributed by atoms with Gasteiger partial charge < -0.3 is 5.32 Å². The van der Waals surface area contributed by atoms with E-state index in [2.05, 4.69) is 11.4 Å². The number of rotatable bonds is 6. The largest absolute Gasteiger partial charge is 0.336 e. The monoisotopic (exact) mass is 339 g/mol. The molecule has 126 valence electrons. The zero-order valence-corrected chi connectivity index (χ0v) is 14.9. The summed E-state index contributed by atoms with van der Waals surface area (Å²) >= 11 is 6.02. The van der Waals surface area contributed by atoms with Crippen molar-refractivity contribution in [3.8, 4) is 6.07 Å². The summed E-state index contributed by atoms with van der Waals surface area (Å²) in [4.78, 5) is 14.1. The summed E-state index contributed by atoms with van der Waals surface area (Å²) in [5.41, 5.74) is -0.592. The van der Waals surface area contributed by atoms with Gasteiger partial charge in [-0.05, 0) is 38.9 Å². The molecule has 0 spiro atoms. The molecule has 0 saturated carbocycles. The van der Waals surface area contributed by atoms with Crippen LogP contribution in [0.1, 0.15) is 33.3 Å². The molecule has 23 heavy (non-hydrogen) atoms. The second-order valence-corrected chi connectivity index (χ2v) is 6.66. The molecule has 0 aromatic heterocycles. The van der Waals surface area contributed by atoms with Crippen LogP contribution in [-0.2, 0) is 11.3 Å². The van der Waals surface area contributed by atoms with Gasteiger partial charge >= 0.3 is 0 Å². The van der Waals surface area contributed by atoms with Crippen molar-refractivity contribution in [3.05, 3.63) is 34.6 Å². The van der Waals surface area contributed by atoms with Gasteiger partial charge in [0, 0.05) is 17.1 Å². The Balaban J connectivity index is 2.83. The van der Waals surface area contributed by atoms with E-state index in [1.165, 1.54) is 12.1 Å². The van der Waals surface area contributed by atoms with Gasteiger partial charge in [0.2, 0.25) is 5.91 Å². The second kappa shape index (κ2) is 7.76. The van der Waals surface area contributed by atoms with Crippen LogP contribution in [0, 0.1) is 23.1 Å². The molecule has 0 unspecified atom stereocenters. The Labute approximate surface area is 142 Å². The number of benzene rings is 1. The lowest BCUT2D eigenvalue weighted by atomic mass is 9.90. The zero-order valence-electron chi connectivity index (χ0n) is 14.2. The van der Waals surface area contributed by atoms with Crippen LogP contribution in [0.5, 0.6) is 0 Å². The van der Waals surface area contributed by atoms with Crippen LogP contribution in [0.4, 0.5) is 4.39 Å². The minimum Gasteiger partial charge on any atom is -0.336 e. The number of nitrogens with one attached hydrogen (secondary N) is 1. The fourth-order valence-corrected chi connectivity index (χ4v) is 2.15. The lowest BCUT2D eigenvalue weighted by Crippen LogP contribution is -2.54. The van der Waals surface area contributed by atoms with Gasteiger partial charge in [-0.25, -0.2) is 4.39 Å². The molecule has 1 amide bonds. The molecule has 1 rings (SSSR count). The van der Waals surface area contributed by atoms with Crippen molar-refractivity contribution in [1.29, 1.82) is 5.26 Å². The highest BCUT2D eigenvalue weighted by Crippen LogP contribution is 2.21. The quantitative estimate of drug-likeness (QED) is 0.864. The molecular formula is C17H23ClFN3O. The molecule has 0 aliphatic rings. The van der Waals surface area contributed by atoms with E-state index in [0.717, 1.165) is 0 Å². The van der Waals surface area contributed by atoms with Crippen molar-refractivity contribution in [2.24, 2.45) is 5.92 Å². The zero-order chi connectivity index (χ0) is 17.8. The predicted molar refractivity (Wildman–Crippen MR) is 89.3 cm³/mol. The normalized spacial score (nSPS) is 15.1. The first-order chi connectivity index (χ1) is 10.6. The molecule has 1 aromatic rings. The molecule has 0 heterocycles. The Morgan fingerprint density at radius 2 is 2.09 bits per heavy atom. The van der Waals surface area contributed by atoms with E-state index >= 15 is 0 Å². The first-order valence-corrected chi connectivity index (χ1v) is 7.86. The maximum absolute atomic E-state index is 13.9. The Morgan fingerprint density at radius 3 is 2.57 bits per heavy atom. The van der Waals surface area contributed by atoms with Crippen molar-refractivity contribution < 1.29 is 9.18 Å². The number of carbonyl (C=O) groups excluding carboxylic acids is 1. The SMILES string of the molecule is CC(C)[C@](C)(C#N)NC(=O)[C@H](C)N(C)Cc1c(F)cccc1Cl. The highest BCUT2D eigenvalue weighted by atomic mass is 35.5. The third-order valence-electron chi connectivity index (χ3n) is 4.28. The minimum atomic E-state index is -0.943. The van der Waals surface area contributed by atoms with Crippen LogP contribution < -0.4 is 5.32 Å². The summed E-state index contributed by atoms with van der Waals surface area (Å²) in [7, 11) is 1.71. The molecule has 0 aliphatic heterocycles. The van der Waals surface area contributed by atoms with Gasteiger partial charge in [-0.2, -0.15) is 5.26 Å². The van der Waals surface area contributed by atoms with Crippen LogP contribution in [0.2, 0.25) is 5.02 Å². The molecule has 0 radical (unpaired) electrons. The Hall–Kier alpha value is -1.64. The molecule has 0 saturated heterocycles. The molecule has 6 heteroatoms. The van der Waals surface area contributed by atoms with Crippen molar-refractivity contribution in [3.63, 3.8) is 0 Å². The summed E-state index contributed by atoms with van der Waals surface area (Å²) in [6.07, 6.45) is 0. The molecular weight excluding hydrogens is 317 g/mol. The average Bonchev–Trinajstić information content (AvgIpc) is 2.49. The number of hydrogen-bond acceptors (Lipinski definition) is 3. The van der Waals surface area contributed by atoms with E-state index in [1.807, 2.05) is 13.8 Å². The number of hydrogen-bond donors (Lipinski definition) is 1. The number of carbonyl (C=O) groups is 1. The van der Waals surface area contributed by atoms with Crippen LogP contribution >= 0.6 is 11.6 Å². The van der Waals surface area contributed by atoms with E-state index < -0.39 is 17.4 Å². The Kier molecular flexibility index (Phi) is 6.55. The van der Waals surface area contributed by atoms with Gasteiger partial charge in [0.15, 0.2) is 0 Å². The average molecular weight is 340 g/mol. The van der Waals surface area contributed by atoms with Crippen LogP contribution in [0.25, 0.3) is 0 Å². The fourth-order valence-electron chi connectivity index (χ4n) is 1.93.